The number of benzene rings is 1. The van der Waals surface area contributed by atoms with Crippen molar-refractivity contribution in [3.8, 4) is 0 Å². The molecule has 0 unspecified atom stereocenters. The lowest BCUT2D eigenvalue weighted by molar-refractivity contribution is -0.383. The summed E-state index contributed by atoms with van der Waals surface area (Å²) in [6.07, 6.45) is 3.88. The normalized spacial score (nSPS) is 14.3. The Morgan fingerprint density at radius 2 is 2.24 bits per heavy atom. The molecule has 0 bridgehead atoms. The van der Waals surface area contributed by atoms with Gasteiger partial charge in [-0.25, -0.2) is 4.39 Å². The van der Waals surface area contributed by atoms with Crippen LogP contribution in [0.3, 0.4) is 0 Å². The van der Waals surface area contributed by atoms with Crippen molar-refractivity contribution in [1.29, 1.82) is 0 Å². The third-order valence-electron chi connectivity index (χ3n) is 3.46. The number of pyridine rings is 1. The lowest BCUT2D eigenvalue weighted by Crippen LogP contribution is -2.24. The van der Waals surface area contributed by atoms with Crippen LogP contribution in [-0.2, 0) is 0 Å². The highest BCUT2D eigenvalue weighted by Gasteiger charge is 2.21. The molecule has 0 saturated heterocycles. The first kappa shape index (κ1) is 13.7. The number of hydrogen-bond acceptors (Lipinski definition) is 5. The summed E-state index contributed by atoms with van der Waals surface area (Å²) in [6.45, 7) is 1.26. The number of hydrogen-bond donors (Lipinski definition) is 2. The predicted molar refractivity (Wildman–Crippen MR) is 77.9 cm³/mol. The molecule has 1 aliphatic carbocycles. The van der Waals surface area contributed by atoms with Gasteiger partial charge in [-0.3, -0.25) is 15.1 Å². The molecule has 6 nitrogen and oxygen atoms in total. The van der Waals surface area contributed by atoms with E-state index in [1.165, 1.54) is 19.0 Å². The first-order valence-electron chi connectivity index (χ1n) is 6.85. The minimum Gasteiger partial charge on any atom is -0.380 e. The van der Waals surface area contributed by atoms with Crippen LogP contribution >= 0.6 is 0 Å². The van der Waals surface area contributed by atoms with Crippen LogP contribution in [0.15, 0.2) is 24.4 Å². The van der Waals surface area contributed by atoms with Gasteiger partial charge in [-0.2, -0.15) is 0 Å². The Balaban J connectivity index is 1.88. The van der Waals surface area contributed by atoms with Crippen molar-refractivity contribution in [3.63, 3.8) is 0 Å². The van der Waals surface area contributed by atoms with Crippen molar-refractivity contribution >= 4 is 22.3 Å². The molecule has 1 aromatic carbocycles. The summed E-state index contributed by atoms with van der Waals surface area (Å²) in [5, 5.41) is 17.6. The summed E-state index contributed by atoms with van der Waals surface area (Å²) < 4.78 is 14.1. The van der Waals surface area contributed by atoms with Gasteiger partial charge in [0.1, 0.15) is 5.52 Å². The third kappa shape index (κ3) is 2.92. The lowest BCUT2D eigenvalue weighted by Gasteiger charge is -2.11. The number of rotatable bonds is 6. The minimum absolute atomic E-state index is 0.216. The molecule has 21 heavy (non-hydrogen) atoms. The molecule has 0 atom stereocenters. The Bertz CT molecular complexity index is 688. The topological polar surface area (TPSA) is 80.1 Å². The maximum absolute atomic E-state index is 14.1. The summed E-state index contributed by atoms with van der Waals surface area (Å²) >= 11 is 0. The van der Waals surface area contributed by atoms with Gasteiger partial charge in [-0.05, 0) is 25.0 Å². The molecule has 1 heterocycles. The van der Waals surface area contributed by atoms with Crippen molar-refractivity contribution in [2.75, 3.05) is 18.4 Å². The fourth-order valence-corrected chi connectivity index (χ4v) is 2.26. The van der Waals surface area contributed by atoms with Crippen LogP contribution in [0.4, 0.5) is 15.8 Å². The quantitative estimate of drug-likeness (QED) is 0.485. The van der Waals surface area contributed by atoms with E-state index in [2.05, 4.69) is 15.6 Å². The SMILES string of the molecule is O=[N+]([O-])c1cc(F)c(NCCNC2CC2)c2ncccc12. The average molecular weight is 290 g/mol. The average Bonchev–Trinajstić information content (AvgIpc) is 3.28. The van der Waals surface area contributed by atoms with Crippen LogP contribution in [0.5, 0.6) is 0 Å². The zero-order valence-corrected chi connectivity index (χ0v) is 11.3. The Morgan fingerprint density at radius 1 is 1.43 bits per heavy atom. The van der Waals surface area contributed by atoms with Crippen LogP contribution in [0.1, 0.15) is 12.8 Å². The van der Waals surface area contributed by atoms with E-state index in [9.17, 15) is 14.5 Å². The fourth-order valence-electron chi connectivity index (χ4n) is 2.26. The summed E-state index contributed by atoms with van der Waals surface area (Å²) in [4.78, 5) is 14.5. The first-order valence-corrected chi connectivity index (χ1v) is 6.85. The Kier molecular flexibility index (Phi) is 3.66. The van der Waals surface area contributed by atoms with Crippen LogP contribution in [0, 0.1) is 15.9 Å². The number of nitro benzene ring substituents is 1. The summed E-state index contributed by atoms with van der Waals surface area (Å²) in [6, 6.07) is 4.71. The van der Waals surface area contributed by atoms with Crippen molar-refractivity contribution in [1.82, 2.24) is 10.3 Å². The molecule has 0 amide bonds. The van der Waals surface area contributed by atoms with Gasteiger partial charge in [0, 0.05) is 25.3 Å². The maximum atomic E-state index is 14.1. The van der Waals surface area contributed by atoms with Crippen LogP contribution < -0.4 is 10.6 Å². The fraction of sp³-hybridized carbons (Fsp3) is 0.357. The molecule has 3 rings (SSSR count). The minimum atomic E-state index is -0.653. The molecule has 2 aromatic rings. The van der Waals surface area contributed by atoms with Gasteiger partial charge < -0.3 is 10.6 Å². The van der Waals surface area contributed by atoms with E-state index in [1.54, 1.807) is 12.1 Å². The highest BCUT2D eigenvalue weighted by atomic mass is 19.1. The molecule has 110 valence electrons. The van der Waals surface area contributed by atoms with E-state index in [1.807, 2.05) is 0 Å². The number of nitrogens with one attached hydrogen (secondary N) is 2. The van der Waals surface area contributed by atoms with Crippen molar-refractivity contribution < 1.29 is 9.31 Å². The summed E-state index contributed by atoms with van der Waals surface area (Å²) in [7, 11) is 0. The zero-order chi connectivity index (χ0) is 14.8. The first-order chi connectivity index (χ1) is 10.2. The maximum Gasteiger partial charge on any atom is 0.281 e. The van der Waals surface area contributed by atoms with Gasteiger partial charge in [-0.15, -0.1) is 0 Å². The number of anilines is 1. The molecule has 1 saturated carbocycles. The number of halogens is 1. The van der Waals surface area contributed by atoms with Crippen LogP contribution in [0.25, 0.3) is 10.9 Å². The predicted octanol–water partition coefficient (Wildman–Crippen LogP) is 2.45. The molecule has 0 spiro atoms. The van der Waals surface area contributed by atoms with Gasteiger partial charge in [0.25, 0.3) is 5.69 Å². The monoisotopic (exact) mass is 290 g/mol. The molecule has 1 aromatic heterocycles. The largest absolute Gasteiger partial charge is 0.380 e. The highest BCUT2D eigenvalue weighted by molar-refractivity contribution is 5.97. The number of non-ortho nitro benzene ring substituents is 1. The van der Waals surface area contributed by atoms with Crippen molar-refractivity contribution in [2.24, 2.45) is 0 Å². The number of aromatic nitrogens is 1. The van der Waals surface area contributed by atoms with Crippen molar-refractivity contribution in [2.45, 2.75) is 18.9 Å². The number of nitro groups is 1. The second kappa shape index (κ2) is 5.61. The molecule has 1 fully saturated rings. The van der Waals surface area contributed by atoms with E-state index in [0.29, 0.717) is 18.0 Å². The molecule has 0 radical (unpaired) electrons. The standard InChI is InChI=1S/C14H15FN4O2/c15-11-8-12(19(20)21)10-2-1-5-17-13(10)14(11)18-7-6-16-9-3-4-9/h1-2,5,8-9,16,18H,3-4,6-7H2. The van der Waals surface area contributed by atoms with Gasteiger partial charge in [0.2, 0.25) is 0 Å². The zero-order valence-electron chi connectivity index (χ0n) is 11.3. The molecule has 2 N–H and O–H groups in total. The smallest absolute Gasteiger partial charge is 0.281 e. The summed E-state index contributed by atoms with van der Waals surface area (Å²) in [5.74, 6) is -0.653. The molecule has 7 heteroatoms. The number of nitrogens with zero attached hydrogens (tertiary/aromatic N) is 2. The van der Waals surface area contributed by atoms with Crippen LogP contribution in [0.2, 0.25) is 0 Å². The Morgan fingerprint density at radius 3 is 2.95 bits per heavy atom. The molecular weight excluding hydrogens is 275 g/mol. The molecular formula is C14H15FN4O2. The van der Waals surface area contributed by atoms with E-state index < -0.39 is 10.7 Å². The van der Waals surface area contributed by atoms with E-state index in [4.69, 9.17) is 0 Å². The Hall–Kier alpha value is -2.28. The highest BCUT2D eigenvalue weighted by Crippen LogP contribution is 2.32. The molecule has 1 aliphatic rings. The van der Waals surface area contributed by atoms with Gasteiger partial charge in [0.15, 0.2) is 5.82 Å². The molecule has 0 aliphatic heterocycles. The van der Waals surface area contributed by atoms with E-state index >= 15 is 0 Å². The lowest BCUT2D eigenvalue weighted by atomic mass is 10.1. The van der Waals surface area contributed by atoms with Gasteiger partial charge in [-0.1, -0.05) is 0 Å². The summed E-state index contributed by atoms with van der Waals surface area (Å²) in [5.41, 5.74) is 0.238. The Labute approximate surface area is 120 Å². The van der Waals surface area contributed by atoms with E-state index in [0.717, 1.165) is 12.6 Å². The second-order valence-electron chi connectivity index (χ2n) is 5.06. The third-order valence-corrected chi connectivity index (χ3v) is 3.46. The van der Waals surface area contributed by atoms with Gasteiger partial charge >= 0.3 is 0 Å². The second-order valence-corrected chi connectivity index (χ2v) is 5.06. The van der Waals surface area contributed by atoms with Crippen LogP contribution in [-0.4, -0.2) is 29.0 Å². The van der Waals surface area contributed by atoms with Crippen molar-refractivity contribution in [3.05, 3.63) is 40.3 Å². The van der Waals surface area contributed by atoms with E-state index in [-0.39, 0.29) is 16.9 Å². The number of fused-ring (bicyclic) bond motifs is 1. The van der Waals surface area contributed by atoms with Gasteiger partial charge in [0.05, 0.1) is 22.1 Å².